The fourth-order valence-electron chi connectivity index (χ4n) is 1.92. The van der Waals surface area contributed by atoms with Gasteiger partial charge in [0.15, 0.2) is 0 Å². The van der Waals surface area contributed by atoms with Gasteiger partial charge >= 0.3 is 0 Å². The molecule has 19 heavy (non-hydrogen) atoms. The highest BCUT2D eigenvalue weighted by atomic mass is 35.5. The first-order valence-electron chi connectivity index (χ1n) is 6.01. The van der Waals surface area contributed by atoms with E-state index < -0.39 is 0 Å². The SMILES string of the molecule is CC(Cc1ccccc1F)Nc1cc(Cl)ccc1F. The summed E-state index contributed by atoms with van der Waals surface area (Å²) in [7, 11) is 0. The molecule has 1 nitrogen and oxygen atoms in total. The Morgan fingerprint density at radius 2 is 1.84 bits per heavy atom. The summed E-state index contributed by atoms with van der Waals surface area (Å²) in [5.74, 6) is -0.618. The third kappa shape index (κ3) is 3.67. The molecule has 0 aliphatic rings. The van der Waals surface area contributed by atoms with Gasteiger partial charge in [0.05, 0.1) is 5.69 Å². The molecule has 4 heteroatoms. The van der Waals surface area contributed by atoms with E-state index in [-0.39, 0.29) is 17.7 Å². The van der Waals surface area contributed by atoms with Gasteiger partial charge in [0.1, 0.15) is 11.6 Å². The summed E-state index contributed by atoms with van der Waals surface area (Å²) in [6.07, 6.45) is 0.471. The molecule has 2 aromatic rings. The number of rotatable bonds is 4. The van der Waals surface area contributed by atoms with E-state index in [0.29, 0.717) is 22.7 Å². The Kier molecular flexibility index (Phi) is 4.38. The van der Waals surface area contributed by atoms with E-state index in [1.165, 1.54) is 24.3 Å². The van der Waals surface area contributed by atoms with Crippen molar-refractivity contribution >= 4 is 17.3 Å². The Hall–Kier alpha value is -1.61. The highest BCUT2D eigenvalue weighted by Crippen LogP contribution is 2.21. The van der Waals surface area contributed by atoms with Crippen molar-refractivity contribution in [3.05, 3.63) is 64.7 Å². The molecule has 1 atom stereocenters. The van der Waals surface area contributed by atoms with Gasteiger partial charge in [-0.1, -0.05) is 29.8 Å². The second-order valence-electron chi connectivity index (χ2n) is 4.47. The largest absolute Gasteiger partial charge is 0.380 e. The van der Waals surface area contributed by atoms with Gasteiger partial charge in [-0.15, -0.1) is 0 Å². The van der Waals surface area contributed by atoms with E-state index in [0.717, 1.165) is 0 Å². The van der Waals surface area contributed by atoms with E-state index in [1.54, 1.807) is 18.2 Å². The molecule has 0 aromatic heterocycles. The van der Waals surface area contributed by atoms with Gasteiger partial charge < -0.3 is 5.32 Å². The van der Waals surface area contributed by atoms with Crippen molar-refractivity contribution in [3.63, 3.8) is 0 Å². The first-order valence-corrected chi connectivity index (χ1v) is 6.39. The summed E-state index contributed by atoms with van der Waals surface area (Å²) in [4.78, 5) is 0. The van der Waals surface area contributed by atoms with Gasteiger partial charge in [-0.2, -0.15) is 0 Å². The molecule has 2 aromatic carbocycles. The first-order chi connectivity index (χ1) is 9.06. The smallest absolute Gasteiger partial charge is 0.146 e. The molecular weight excluding hydrogens is 268 g/mol. The molecule has 100 valence electrons. The van der Waals surface area contributed by atoms with Gasteiger partial charge in [0.2, 0.25) is 0 Å². The van der Waals surface area contributed by atoms with E-state index >= 15 is 0 Å². The van der Waals surface area contributed by atoms with Crippen LogP contribution in [0.15, 0.2) is 42.5 Å². The molecule has 0 fully saturated rings. The van der Waals surface area contributed by atoms with Crippen molar-refractivity contribution in [1.82, 2.24) is 0 Å². The zero-order valence-corrected chi connectivity index (χ0v) is 11.2. The predicted octanol–water partition coefficient (Wildman–Crippen LogP) is 4.66. The van der Waals surface area contributed by atoms with Gasteiger partial charge in [0.25, 0.3) is 0 Å². The Balaban J connectivity index is 2.07. The maximum Gasteiger partial charge on any atom is 0.146 e. The Morgan fingerprint density at radius 3 is 2.58 bits per heavy atom. The fourth-order valence-corrected chi connectivity index (χ4v) is 2.09. The maximum atomic E-state index is 13.6. The Labute approximate surface area is 116 Å². The Bertz CT molecular complexity index is 572. The number of benzene rings is 2. The van der Waals surface area contributed by atoms with E-state index in [1.807, 2.05) is 6.92 Å². The van der Waals surface area contributed by atoms with Crippen molar-refractivity contribution in [2.75, 3.05) is 5.32 Å². The lowest BCUT2D eigenvalue weighted by Crippen LogP contribution is -2.19. The number of hydrogen-bond acceptors (Lipinski definition) is 1. The average Bonchev–Trinajstić information content (AvgIpc) is 2.37. The van der Waals surface area contributed by atoms with Crippen LogP contribution in [0.2, 0.25) is 5.02 Å². The Morgan fingerprint density at radius 1 is 1.11 bits per heavy atom. The standard InChI is InChI=1S/C15H14ClF2N/c1-10(8-11-4-2-3-5-13(11)17)19-15-9-12(16)6-7-14(15)18/h2-7,9-10,19H,8H2,1H3. The fraction of sp³-hybridized carbons (Fsp3) is 0.200. The second-order valence-corrected chi connectivity index (χ2v) is 4.90. The van der Waals surface area contributed by atoms with Crippen LogP contribution in [0.5, 0.6) is 0 Å². The van der Waals surface area contributed by atoms with E-state index in [4.69, 9.17) is 11.6 Å². The number of hydrogen-bond donors (Lipinski definition) is 1. The molecule has 0 saturated heterocycles. The summed E-state index contributed by atoms with van der Waals surface area (Å²) in [6.45, 7) is 1.87. The molecule has 0 amide bonds. The van der Waals surface area contributed by atoms with Crippen molar-refractivity contribution in [2.45, 2.75) is 19.4 Å². The van der Waals surface area contributed by atoms with Crippen molar-refractivity contribution < 1.29 is 8.78 Å². The minimum absolute atomic E-state index is 0.107. The van der Waals surface area contributed by atoms with Crippen LogP contribution in [0.1, 0.15) is 12.5 Å². The van der Waals surface area contributed by atoms with Crippen LogP contribution in [-0.4, -0.2) is 6.04 Å². The second kappa shape index (κ2) is 6.02. The maximum absolute atomic E-state index is 13.6. The van der Waals surface area contributed by atoms with Crippen molar-refractivity contribution in [2.24, 2.45) is 0 Å². The average molecular weight is 282 g/mol. The zero-order valence-electron chi connectivity index (χ0n) is 10.5. The monoisotopic (exact) mass is 281 g/mol. The van der Waals surface area contributed by atoms with E-state index in [9.17, 15) is 8.78 Å². The molecule has 0 radical (unpaired) electrons. The van der Waals surface area contributed by atoms with Crippen LogP contribution in [0.3, 0.4) is 0 Å². The molecule has 0 aliphatic heterocycles. The van der Waals surface area contributed by atoms with Crippen LogP contribution in [-0.2, 0) is 6.42 Å². The molecule has 0 bridgehead atoms. The summed E-state index contributed by atoms with van der Waals surface area (Å²) in [5.41, 5.74) is 0.932. The zero-order chi connectivity index (χ0) is 13.8. The molecule has 1 N–H and O–H groups in total. The third-order valence-electron chi connectivity index (χ3n) is 2.81. The molecule has 1 unspecified atom stereocenters. The van der Waals surface area contributed by atoms with Gasteiger partial charge in [0, 0.05) is 11.1 Å². The molecule has 0 aliphatic carbocycles. The first kappa shape index (κ1) is 13.8. The van der Waals surface area contributed by atoms with Crippen LogP contribution >= 0.6 is 11.6 Å². The summed E-state index contributed by atoms with van der Waals surface area (Å²) >= 11 is 5.82. The number of nitrogens with one attached hydrogen (secondary N) is 1. The lowest BCUT2D eigenvalue weighted by atomic mass is 10.1. The summed E-state index contributed by atoms with van der Waals surface area (Å²) in [5, 5.41) is 3.46. The normalized spacial score (nSPS) is 12.2. The van der Waals surface area contributed by atoms with Crippen LogP contribution < -0.4 is 5.32 Å². The topological polar surface area (TPSA) is 12.0 Å². The molecule has 0 heterocycles. The quantitative estimate of drug-likeness (QED) is 0.859. The lowest BCUT2D eigenvalue weighted by molar-refractivity contribution is 0.598. The third-order valence-corrected chi connectivity index (χ3v) is 3.05. The van der Waals surface area contributed by atoms with E-state index in [2.05, 4.69) is 5.32 Å². The minimum Gasteiger partial charge on any atom is -0.380 e. The van der Waals surface area contributed by atoms with Gasteiger partial charge in [-0.05, 0) is 43.2 Å². The molecule has 0 spiro atoms. The summed E-state index contributed by atoms with van der Waals surface area (Å²) < 4.78 is 27.1. The van der Waals surface area contributed by atoms with Crippen LogP contribution in [0, 0.1) is 11.6 Å². The molecular formula is C15H14ClF2N. The minimum atomic E-state index is -0.371. The van der Waals surface area contributed by atoms with Crippen LogP contribution in [0.25, 0.3) is 0 Å². The number of halogens is 3. The number of anilines is 1. The van der Waals surface area contributed by atoms with Crippen molar-refractivity contribution in [1.29, 1.82) is 0 Å². The summed E-state index contributed by atoms with van der Waals surface area (Å²) in [6, 6.07) is 10.8. The predicted molar refractivity (Wildman–Crippen MR) is 74.6 cm³/mol. The van der Waals surface area contributed by atoms with Crippen LogP contribution in [0.4, 0.5) is 14.5 Å². The molecule has 2 rings (SSSR count). The van der Waals surface area contributed by atoms with Gasteiger partial charge in [-0.25, -0.2) is 8.78 Å². The van der Waals surface area contributed by atoms with Crippen molar-refractivity contribution in [3.8, 4) is 0 Å². The van der Waals surface area contributed by atoms with Gasteiger partial charge in [-0.3, -0.25) is 0 Å². The molecule has 0 saturated carbocycles. The lowest BCUT2D eigenvalue weighted by Gasteiger charge is -2.16. The highest BCUT2D eigenvalue weighted by molar-refractivity contribution is 6.30. The highest BCUT2D eigenvalue weighted by Gasteiger charge is 2.10.